The van der Waals surface area contributed by atoms with Gasteiger partial charge in [0.1, 0.15) is 28.4 Å². The number of hydrogen-bond acceptors (Lipinski definition) is 7. The lowest BCUT2D eigenvalue weighted by Gasteiger charge is -2.11. The summed E-state index contributed by atoms with van der Waals surface area (Å²) in [6.07, 6.45) is 4.92. The van der Waals surface area contributed by atoms with Crippen molar-refractivity contribution in [3.05, 3.63) is 58.9 Å². The Hall–Kier alpha value is -3.90. The second kappa shape index (κ2) is 11.3. The van der Waals surface area contributed by atoms with E-state index < -0.39 is 11.7 Å². The first-order valence-electron chi connectivity index (χ1n) is 9.16. The Morgan fingerprint density at radius 1 is 1.29 bits per heavy atom. The molecule has 1 heterocycles. The summed E-state index contributed by atoms with van der Waals surface area (Å²) in [5.41, 5.74) is 5.92. The van der Waals surface area contributed by atoms with Crippen molar-refractivity contribution in [2.75, 3.05) is 13.7 Å². The van der Waals surface area contributed by atoms with E-state index in [1.54, 1.807) is 13.1 Å². The Morgan fingerprint density at radius 3 is 2.68 bits per heavy atom. The number of pyridine rings is 1. The van der Waals surface area contributed by atoms with Gasteiger partial charge in [0.25, 0.3) is 11.7 Å². The number of rotatable bonds is 9. The number of halogens is 1. The summed E-state index contributed by atoms with van der Waals surface area (Å²) in [7, 11) is 1.69. The molecule has 1 aromatic heterocycles. The Kier molecular flexibility index (Phi) is 8.54. The van der Waals surface area contributed by atoms with Crippen LogP contribution in [0.25, 0.3) is 0 Å². The van der Waals surface area contributed by atoms with Crippen molar-refractivity contribution in [3.8, 4) is 23.4 Å². The standard InChI is InChI=1S/C21H20ClN5O4/c1-3-6-30-15-7-13(20(29)27-19(24)4-5-25-2)8-16(10-15)31-21-17(22)9-14(12-26-21)18(28)11-23/h4-5,7-10,12,25H,3,6H2,1-2H3,(H2,24,27,29)/b5-4-. The second-order valence-corrected chi connectivity index (χ2v) is 6.47. The van der Waals surface area contributed by atoms with Crippen molar-refractivity contribution in [1.29, 1.82) is 5.26 Å². The fraction of sp³-hybridized carbons (Fsp3) is 0.190. The first-order chi connectivity index (χ1) is 14.9. The molecular formula is C21H20ClN5O4. The molecule has 0 aliphatic rings. The van der Waals surface area contributed by atoms with Crippen LogP contribution in [-0.4, -0.2) is 36.2 Å². The summed E-state index contributed by atoms with van der Waals surface area (Å²) in [6.45, 7) is 2.37. The van der Waals surface area contributed by atoms with E-state index in [0.29, 0.717) is 12.4 Å². The molecule has 31 heavy (non-hydrogen) atoms. The van der Waals surface area contributed by atoms with Gasteiger partial charge in [0.2, 0.25) is 5.88 Å². The lowest BCUT2D eigenvalue weighted by Crippen LogP contribution is -2.12. The Labute approximate surface area is 184 Å². The average Bonchev–Trinajstić information content (AvgIpc) is 2.76. The normalized spacial score (nSPS) is 11.1. The number of carbonyl (C=O) groups is 2. The Morgan fingerprint density at radius 2 is 2.03 bits per heavy atom. The molecule has 0 aliphatic carbocycles. The van der Waals surface area contributed by atoms with Crippen LogP contribution < -0.4 is 20.5 Å². The van der Waals surface area contributed by atoms with Crippen LogP contribution in [0.4, 0.5) is 0 Å². The second-order valence-electron chi connectivity index (χ2n) is 6.06. The molecule has 2 rings (SSSR count). The molecule has 0 unspecified atom stereocenters. The molecule has 0 saturated heterocycles. The third-order valence-corrected chi connectivity index (χ3v) is 3.91. The van der Waals surface area contributed by atoms with Crippen LogP contribution in [0.2, 0.25) is 5.02 Å². The molecule has 2 aromatic rings. The van der Waals surface area contributed by atoms with Crippen LogP contribution in [0.15, 0.2) is 47.7 Å². The summed E-state index contributed by atoms with van der Waals surface area (Å²) < 4.78 is 11.3. The number of carbonyl (C=O) groups excluding carboxylic acids is 2. The fourth-order valence-electron chi connectivity index (χ4n) is 2.25. The van der Waals surface area contributed by atoms with Crippen LogP contribution in [0, 0.1) is 11.3 Å². The smallest absolute Gasteiger partial charge is 0.279 e. The largest absolute Gasteiger partial charge is 0.493 e. The highest BCUT2D eigenvalue weighted by Crippen LogP contribution is 2.31. The van der Waals surface area contributed by atoms with E-state index in [4.69, 9.17) is 32.1 Å². The van der Waals surface area contributed by atoms with E-state index in [2.05, 4.69) is 15.3 Å². The van der Waals surface area contributed by atoms with Crippen LogP contribution in [-0.2, 0) is 0 Å². The summed E-state index contributed by atoms with van der Waals surface area (Å²) in [4.78, 5) is 31.8. The predicted octanol–water partition coefficient (Wildman–Crippen LogP) is 3.25. The Bertz CT molecular complexity index is 1080. The zero-order chi connectivity index (χ0) is 22.8. The van der Waals surface area contributed by atoms with Crippen molar-refractivity contribution in [3.63, 3.8) is 0 Å². The van der Waals surface area contributed by atoms with Gasteiger partial charge in [-0.15, -0.1) is 0 Å². The van der Waals surface area contributed by atoms with E-state index in [1.165, 1.54) is 42.7 Å². The molecule has 160 valence electrons. The maximum Gasteiger partial charge on any atom is 0.279 e. The maximum atomic E-state index is 12.5. The highest BCUT2D eigenvalue weighted by molar-refractivity contribution is 6.32. The number of nitrogens with zero attached hydrogens (tertiary/aromatic N) is 3. The van der Waals surface area contributed by atoms with Crippen LogP contribution >= 0.6 is 11.6 Å². The van der Waals surface area contributed by atoms with Crippen molar-refractivity contribution >= 4 is 29.1 Å². The topological polar surface area (TPSA) is 140 Å². The van der Waals surface area contributed by atoms with Gasteiger partial charge in [-0.05, 0) is 36.9 Å². The number of Topliss-reactive ketones (excluding diaryl/α,β-unsaturated/α-hetero) is 1. The highest BCUT2D eigenvalue weighted by Gasteiger charge is 2.14. The number of amidine groups is 1. The molecule has 1 aromatic carbocycles. The highest BCUT2D eigenvalue weighted by atomic mass is 35.5. The zero-order valence-electron chi connectivity index (χ0n) is 16.9. The third-order valence-electron chi connectivity index (χ3n) is 3.64. The van der Waals surface area contributed by atoms with Gasteiger partial charge in [0.05, 0.1) is 12.2 Å². The number of nitriles is 1. The first-order valence-corrected chi connectivity index (χ1v) is 9.53. The van der Waals surface area contributed by atoms with E-state index in [9.17, 15) is 9.59 Å². The van der Waals surface area contributed by atoms with E-state index in [0.717, 1.165) is 6.42 Å². The number of aromatic nitrogens is 1. The van der Waals surface area contributed by atoms with Crippen molar-refractivity contribution in [2.24, 2.45) is 10.7 Å². The molecule has 10 heteroatoms. The number of benzene rings is 1. The van der Waals surface area contributed by atoms with Gasteiger partial charge in [-0.2, -0.15) is 10.3 Å². The molecular weight excluding hydrogens is 422 g/mol. The SMILES string of the molecule is CCCOc1cc(Oc2ncc(C(=O)C#N)cc2Cl)cc(C(=O)N=C(N)/C=C\NC)c1. The summed E-state index contributed by atoms with van der Waals surface area (Å²) in [5, 5.41) is 11.5. The molecule has 0 bridgehead atoms. The lowest BCUT2D eigenvalue weighted by molar-refractivity contribution is 0.100. The molecule has 1 amide bonds. The van der Waals surface area contributed by atoms with Crippen LogP contribution in [0.1, 0.15) is 34.1 Å². The number of ether oxygens (including phenoxy) is 2. The summed E-state index contributed by atoms with van der Waals surface area (Å²) in [5.74, 6) is -0.767. The van der Waals surface area contributed by atoms with Crippen molar-refractivity contribution in [2.45, 2.75) is 13.3 Å². The molecule has 0 atom stereocenters. The number of ketones is 1. The van der Waals surface area contributed by atoms with Gasteiger partial charge in [0.15, 0.2) is 0 Å². The number of aliphatic imine (C=N–C) groups is 1. The first kappa shape index (κ1) is 23.4. The minimum atomic E-state index is -0.772. The maximum absolute atomic E-state index is 12.5. The predicted molar refractivity (Wildman–Crippen MR) is 116 cm³/mol. The summed E-state index contributed by atoms with van der Waals surface area (Å²) >= 11 is 6.12. The quantitative estimate of drug-likeness (QED) is 0.261. The van der Waals surface area contributed by atoms with Gasteiger partial charge in [0, 0.05) is 24.9 Å². The number of amides is 1. The van der Waals surface area contributed by atoms with Gasteiger partial charge in [-0.3, -0.25) is 9.59 Å². The number of nitrogens with two attached hydrogens (primary N) is 1. The third kappa shape index (κ3) is 6.83. The van der Waals surface area contributed by atoms with Gasteiger partial charge >= 0.3 is 0 Å². The molecule has 9 nitrogen and oxygen atoms in total. The van der Waals surface area contributed by atoms with Crippen molar-refractivity contribution in [1.82, 2.24) is 10.3 Å². The van der Waals surface area contributed by atoms with E-state index in [1.807, 2.05) is 6.92 Å². The van der Waals surface area contributed by atoms with E-state index in [-0.39, 0.29) is 33.6 Å². The molecule has 0 spiro atoms. The lowest BCUT2D eigenvalue weighted by atomic mass is 10.2. The van der Waals surface area contributed by atoms with Gasteiger partial charge in [-0.1, -0.05) is 18.5 Å². The monoisotopic (exact) mass is 441 g/mol. The Balaban J connectivity index is 2.37. The molecule has 0 radical (unpaired) electrons. The number of nitrogens with one attached hydrogen (secondary N) is 1. The molecule has 0 aliphatic heterocycles. The van der Waals surface area contributed by atoms with Gasteiger partial charge in [-0.25, -0.2) is 4.98 Å². The average molecular weight is 442 g/mol. The molecule has 0 fully saturated rings. The molecule has 0 saturated carbocycles. The van der Waals surface area contributed by atoms with Crippen molar-refractivity contribution < 1.29 is 19.1 Å². The van der Waals surface area contributed by atoms with Crippen LogP contribution in [0.3, 0.4) is 0 Å². The minimum Gasteiger partial charge on any atom is -0.493 e. The zero-order valence-corrected chi connectivity index (χ0v) is 17.6. The summed E-state index contributed by atoms with van der Waals surface area (Å²) in [6, 6.07) is 7.28. The fourth-order valence-corrected chi connectivity index (χ4v) is 2.45. The van der Waals surface area contributed by atoms with E-state index >= 15 is 0 Å². The van der Waals surface area contributed by atoms with Crippen LogP contribution in [0.5, 0.6) is 17.4 Å². The van der Waals surface area contributed by atoms with Gasteiger partial charge < -0.3 is 20.5 Å². The number of hydrogen-bond donors (Lipinski definition) is 2. The molecule has 3 N–H and O–H groups in total. The minimum absolute atomic E-state index is 0.0119.